The van der Waals surface area contributed by atoms with Gasteiger partial charge in [0.1, 0.15) is 5.75 Å². The first-order valence-electron chi connectivity index (χ1n) is 7.19. The summed E-state index contributed by atoms with van der Waals surface area (Å²) in [7, 11) is 3.28. The zero-order chi connectivity index (χ0) is 16.7. The molecule has 0 saturated carbocycles. The third-order valence-corrected chi connectivity index (χ3v) is 4.41. The number of methoxy groups -OCH3 is 2. The van der Waals surface area contributed by atoms with Crippen molar-refractivity contribution in [2.45, 2.75) is 6.42 Å². The Kier molecular flexibility index (Phi) is 6.88. The highest BCUT2D eigenvalue weighted by molar-refractivity contribution is 7.81. The molecule has 1 aromatic heterocycles. The largest absolute Gasteiger partial charge is 0.497 e. The summed E-state index contributed by atoms with van der Waals surface area (Å²) in [5.41, 5.74) is 1.83. The van der Waals surface area contributed by atoms with Gasteiger partial charge in [0.25, 0.3) is 0 Å². The molecule has 0 radical (unpaired) electrons. The Labute approximate surface area is 145 Å². The molecule has 0 unspecified atom stereocenters. The number of hydrogen-bond acceptors (Lipinski definition) is 6. The number of carbonyl (C=O) groups excluding carboxylic acids is 1. The van der Waals surface area contributed by atoms with Crippen molar-refractivity contribution in [3.63, 3.8) is 0 Å². The third kappa shape index (κ3) is 4.70. The second-order valence-electron chi connectivity index (χ2n) is 4.79. The molecule has 0 bridgehead atoms. The van der Waals surface area contributed by atoms with E-state index in [1.807, 2.05) is 29.6 Å². The van der Waals surface area contributed by atoms with Crippen LogP contribution in [0.4, 0.5) is 5.13 Å². The summed E-state index contributed by atoms with van der Waals surface area (Å²) < 4.78 is 10.2. The van der Waals surface area contributed by atoms with Crippen LogP contribution in [0.25, 0.3) is 11.3 Å². The van der Waals surface area contributed by atoms with Gasteiger partial charge in [0.15, 0.2) is 5.13 Å². The Morgan fingerprint density at radius 1 is 1.30 bits per heavy atom. The van der Waals surface area contributed by atoms with Gasteiger partial charge in [0.05, 0.1) is 18.6 Å². The van der Waals surface area contributed by atoms with Crippen LogP contribution < -0.4 is 9.64 Å². The van der Waals surface area contributed by atoms with E-state index in [-0.39, 0.29) is 11.7 Å². The molecule has 124 valence electrons. The van der Waals surface area contributed by atoms with Gasteiger partial charge in [-0.05, 0) is 30.7 Å². The summed E-state index contributed by atoms with van der Waals surface area (Å²) in [6.07, 6.45) is 0.757. The first-order valence-corrected chi connectivity index (χ1v) is 8.71. The first-order chi connectivity index (χ1) is 11.2. The fraction of sp³-hybridized carbons (Fsp3) is 0.375. The van der Waals surface area contributed by atoms with Gasteiger partial charge < -0.3 is 9.47 Å². The van der Waals surface area contributed by atoms with Gasteiger partial charge >= 0.3 is 0 Å². The lowest BCUT2D eigenvalue weighted by Gasteiger charge is -2.18. The Bertz CT molecular complexity index is 629. The van der Waals surface area contributed by atoms with E-state index in [1.165, 1.54) is 11.3 Å². The lowest BCUT2D eigenvalue weighted by molar-refractivity contribution is -0.116. The van der Waals surface area contributed by atoms with Crippen molar-refractivity contribution in [3.05, 3.63) is 29.6 Å². The normalized spacial score (nSPS) is 10.6. The van der Waals surface area contributed by atoms with Crippen molar-refractivity contribution in [1.29, 1.82) is 0 Å². The molecule has 1 heterocycles. The highest BCUT2D eigenvalue weighted by Gasteiger charge is 2.18. The molecule has 7 heteroatoms. The van der Waals surface area contributed by atoms with Crippen LogP contribution in [-0.2, 0) is 9.53 Å². The van der Waals surface area contributed by atoms with Crippen molar-refractivity contribution in [2.75, 3.05) is 38.0 Å². The molecule has 0 aliphatic heterocycles. The highest BCUT2D eigenvalue weighted by Crippen LogP contribution is 2.29. The molecule has 0 saturated heterocycles. The molecule has 0 spiro atoms. The predicted molar refractivity (Wildman–Crippen MR) is 96.8 cm³/mol. The molecule has 0 aliphatic rings. The van der Waals surface area contributed by atoms with Crippen molar-refractivity contribution in [2.24, 2.45) is 0 Å². The lowest BCUT2D eigenvalue weighted by Crippen LogP contribution is -2.33. The van der Waals surface area contributed by atoms with E-state index in [0.717, 1.165) is 23.4 Å². The van der Waals surface area contributed by atoms with Gasteiger partial charge in [-0.15, -0.1) is 11.3 Å². The van der Waals surface area contributed by atoms with Gasteiger partial charge in [-0.2, -0.15) is 12.6 Å². The standard InChI is InChI=1S/C16H20N2O3S2/c1-20-9-3-8-18(15(19)10-22)16-17-14(11-23-16)12-4-6-13(21-2)7-5-12/h4-7,11,22H,3,8-10H2,1-2H3. The van der Waals surface area contributed by atoms with Crippen LogP contribution in [0.15, 0.2) is 29.6 Å². The average molecular weight is 352 g/mol. The maximum atomic E-state index is 12.1. The fourth-order valence-electron chi connectivity index (χ4n) is 2.06. The van der Waals surface area contributed by atoms with E-state index in [4.69, 9.17) is 9.47 Å². The van der Waals surface area contributed by atoms with Crippen LogP contribution in [0.2, 0.25) is 0 Å². The number of amides is 1. The number of rotatable bonds is 8. The maximum absolute atomic E-state index is 12.1. The Hall–Kier alpha value is -1.57. The second kappa shape index (κ2) is 8.90. The van der Waals surface area contributed by atoms with Gasteiger partial charge in [0, 0.05) is 31.2 Å². The van der Waals surface area contributed by atoms with Gasteiger partial charge in [-0.3, -0.25) is 9.69 Å². The summed E-state index contributed by atoms with van der Waals surface area (Å²) in [5.74, 6) is 0.903. The summed E-state index contributed by atoms with van der Waals surface area (Å²) >= 11 is 5.54. The summed E-state index contributed by atoms with van der Waals surface area (Å²) in [6.45, 7) is 1.18. The van der Waals surface area contributed by atoms with Crippen molar-refractivity contribution < 1.29 is 14.3 Å². The number of hydrogen-bond donors (Lipinski definition) is 1. The molecule has 0 aliphatic carbocycles. The Morgan fingerprint density at radius 3 is 2.65 bits per heavy atom. The van der Waals surface area contributed by atoms with E-state index in [2.05, 4.69) is 17.6 Å². The number of thiazole rings is 1. The number of anilines is 1. The zero-order valence-electron chi connectivity index (χ0n) is 13.2. The SMILES string of the molecule is COCCCN(C(=O)CS)c1nc(-c2ccc(OC)cc2)cs1. The van der Waals surface area contributed by atoms with Crippen LogP contribution in [0, 0.1) is 0 Å². The minimum Gasteiger partial charge on any atom is -0.497 e. The summed E-state index contributed by atoms with van der Waals surface area (Å²) in [5, 5.41) is 2.64. The Morgan fingerprint density at radius 2 is 2.04 bits per heavy atom. The molecule has 1 aromatic carbocycles. The number of ether oxygens (including phenoxy) is 2. The Balaban J connectivity index is 2.17. The number of aromatic nitrogens is 1. The molecule has 0 N–H and O–H groups in total. The average Bonchev–Trinajstić information content (AvgIpc) is 3.08. The number of benzene rings is 1. The van der Waals surface area contributed by atoms with Crippen LogP contribution in [0.5, 0.6) is 5.75 Å². The van der Waals surface area contributed by atoms with Crippen LogP contribution >= 0.6 is 24.0 Å². The summed E-state index contributed by atoms with van der Waals surface area (Å²) in [6, 6.07) is 7.69. The van der Waals surface area contributed by atoms with E-state index >= 15 is 0 Å². The molecule has 0 fully saturated rings. The molecule has 2 aromatic rings. The van der Waals surface area contributed by atoms with Crippen molar-refractivity contribution >= 4 is 35.0 Å². The van der Waals surface area contributed by atoms with E-state index in [0.29, 0.717) is 18.3 Å². The van der Waals surface area contributed by atoms with Crippen molar-refractivity contribution in [1.82, 2.24) is 4.98 Å². The molecule has 5 nitrogen and oxygen atoms in total. The number of carbonyl (C=O) groups is 1. The number of thiol groups is 1. The minimum absolute atomic E-state index is 0.0555. The van der Waals surface area contributed by atoms with Gasteiger partial charge in [-0.25, -0.2) is 4.98 Å². The van der Waals surface area contributed by atoms with Gasteiger partial charge in [0.2, 0.25) is 5.91 Å². The molecule has 1 amide bonds. The van der Waals surface area contributed by atoms with Crippen molar-refractivity contribution in [3.8, 4) is 17.0 Å². The topological polar surface area (TPSA) is 51.7 Å². The molecular formula is C16H20N2O3S2. The fourth-order valence-corrected chi connectivity index (χ4v) is 3.11. The zero-order valence-corrected chi connectivity index (χ0v) is 14.9. The van der Waals surface area contributed by atoms with E-state index < -0.39 is 0 Å². The predicted octanol–water partition coefficient (Wildman–Crippen LogP) is 3.12. The minimum atomic E-state index is -0.0555. The monoisotopic (exact) mass is 352 g/mol. The van der Waals surface area contributed by atoms with Crippen LogP contribution in [0.3, 0.4) is 0 Å². The van der Waals surface area contributed by atoms with E-state index in [9.17, 15) is 4.79 Å². The maximum Gasteiger partial charge on any atom is 0.238 e. The quantitative estimate of drug-likeness (QED) is 0.586. The lowest BCUT2D eigenvalue weighted by atomic mass is 10.2. The van der Waals surface area contributed by atoms with Gasteiger partial charge in [-0.1, -0.05) is 0 Å². The smallest absolute Gasteiger partial charge is 0.238 e. The third-order valence-electron chi connectivity index (χ3n) is 3.28. The molecular weight excluding hydrogens is 332 g/mol. The molecule has 23 heavy (non-hydrogen) atoms. The highest BCUT2D eigenvalue weighted by atomic mass is 32.1. The first kappa shape index (κ1) is 17.8. The van der Waals surface area contributed by atoms with Crippen LogP contribution in [-0.4, -0.2) is 44.0 Å². The molecule has 2 rings (SSSR count). The van der Waals surface area contributed by atoms with E-state index in [1.54, 1.807) is 19.1 Å². The molecule has 0 atom stereocenters. The second-order valence-corrected chi connectivity index (χ2v) is 5.95. The summed E-state index contributed by atoms with van der Waals surface area (Å²) in [4.78, 5) is 18.4. The van der Waals surface area contributed by atoms with Crippen LogP contribution in [0.1, 0.15) is 6.42 Å². The number of nitrogens with zero attached hydrogens (tertiary/aromatic N) is 2.